The van der Waals surface area contributed by atoms with Crippen LogP contribution in [0.1, 0.15) is 25.7 Å². The number of rotatable bonds is 1. The fourth-order valence-electron chi connectivity index (χ4n) is 2.77. The first-order chi connectivity index (χ1) is 8.27. The highest BCUT2D eigenvalue weighted by Crippen LogP contribution is 2.35. The van der Waals surface area contributed by atoms with E-state index in [1.165, 1.54) is 25.6 Å². The molecule has 4 nitrogen and oxygen atoms in total. The Hall–Kier alpha value is -0.870. The lowest BCUT2D eigenvalue weighted by atomic mass is 9.93. The molecule has 2 fully saturated rings. The van der Waals surface area contributed by atoms with Crippen molar-refractivity contribution in [3.8, 4) is 0 Å². The Morgan fingerprint density at radius 2 is 2.24 bits per heavy atom. The Balaban J connectivity index is 1.75. The lowest BCUT2D eigenvalue weighted by Crippen LogP contribution is -2.39. The van der Waals surface area contributed by atoms with Crippen LogP contribution in [-0.4, -0.2) is 35.3 Å². The Morgan fingerprint density at radius 1 is 1.29 bits per heavy atom. The van der Waals surface area contributed by atoms with Gasteiger partial charge in [-0.1, -0.05) is 11.6 Å². The molecule has 0 saturated carbocycles. The summed E-state index contributed by atoms with van der Waals surface area (Å²) in [4.78, 5) is 10.4. The molecule has 5 heteroatoms. The Kier molecular flexibility index (Phi) is 2.92. The van der Waals surface area contributed by atoms with Gasteiger partial charge in [0.05, 0.1) is 5.60 Å². The average molecular weight is 254 g/mol. The van der Waals surface area contributed by atoms with Gasteiger partial charge in [0.15, 0.2) is 0 Å². The molecule has 92 valence electrons. The smallest absolute Gasteiger partial charge is 0.134 e. The van der Waals surface area contributed by atoms with E-state index in [9.17, 15) is 0 Å². The average Bonchev–Trinajstić information content (AvgIpc) is 2.74. The molecule has 0 bridgehead atoms. The summed E-state index contributed by atoms with van der Waals surface area (Å²) in [5.41, 5.74) is 0.0652. The van der Waals surface area contributed by atoms with Gasteiger partial charge in [-0.15, -0.1) is 0 Å². The summed E-state index contributed by atoms with van der Waals surface area (Å²) in [7, 11) is 0. The standard InChI is InChI=1S/C12H16ClN3O/c13-10-7-11(15-9-14-10)16-5-4-12(8-16)3-1-2-6-17-12/h7,9H,1-6,8H2/t12-/m1/s1. The van der Waals surface area contributed by atoms with Gasteiger partial charge in [0.2, 0.25) is 0 Å². The number of aromatic nitrogens is 2. The van der Waals surface area contributed by atoms with Crippen molar-refractivity contribution in [2.24, 2.45) is 0 Å². The van der Waals surface area contributed by atoms with Crippen molar-refractivity contribution in [2.45, 2.75) is 31.3 Å². The van der Waals surface area contributed by atoms with E-state index in [1.807, 2.05) is 6.07 Å². The van der Waals surface area contributed by atoms with Crippen molar-refractivity contribution >= 4 is 17.4 Å². The highest BCUT2D eigenvalue weighted by molar-refractivity contribution is 6.29. The molecule has 3 heterocycles. The van der Waals surface area contributed by atoms with E-state index in [2.05, 4.69) is 14.9 Å². The fourth-order valence-corrected chi connectivity index (χ4v) is 2.91. The zero-order chi connectivity index (χ0) is 11.7. The van der Waals surface area contributed by atoms with Crippen molar-refractivity contribution in [3.05, 3.63) is 17.5 Å². The van der Waals surface area contributed by atoms with Crippen LogP contribution in [0.3, 0.4) is 0 Å². The Labute approximate surface area is 106 Å². The largest absolute Gasteiger partial charge is 0.373 e. The van der Waals surface area contributed by atoms with Crippen LogP contribution >= 0.6 is 11.6 Å². The monoisotopic (exact) mass is 253 g/mol. The van der Waals surface area contributed by atoms with Crippen LogP contribution in [-0.2, 0) is 4.74 Å². The highest BCUT2D eigenvalue weighted by atomic mass is 35.5. The predicted molar refractivity (Wildman–Crippen MR) is 66.4 cm³/mol. The SMILES string of the molecule is Clc1cc(N2CC[C@]3(CCCCO3)C2)ncn1. The summed E-state index contributed by atoms with van der Waals surface area (Å²) in [5, 5.41) is 0.500. The molecule has 17 heavy (non-hydrogen) atoms. The van der Waals surface area contributed by atoms with Gasteiger partial charge in [-0.3, -0.25) is 0 Å². The molecule has 0 amide bonds. The molecule has 0 N–H and O–H groups in total. The third-order valence-corrected chi connectivity index (χ3v) is 3.90. The van der Waals surface area contributed by atoms with E-state index < -0.39 is 0 Å². The summed E-state index contributed by atoms with van der Waals surface area (Å²) in [6.07, 6.45) is 6.25. The van der Waals surface area contributed by atoms with Crippen molar-refractivity contribution < 1.29 is 4.74 Å². The molecule has 1 aromatic heterocycles. The molecule has 0 radical (unpaired) electrons. The van der Waals surface area contributed by atoms with Crippen LogP contribution in [0, 0.1) is 0 Å². The molecule has 2 aliphatic rings. The van der Waals surface area contributed by atoms with Gasteiger partial charge in [-0.2, -0.15) is 0 Å². The van der Waals surface area contributed by atoms with E-state index in [1.54, 1.807) is 0 Å². The van der Waals surface area contributed by atoms with Crippen LogP contribution in [0.15, 0.2) is 12.4 Å². The number of hydrogen-bond donors (Lipinski definition) is 0. The third-order valence-electron chi connectivity index (χ3n) is 3.69. The van der Waals surface area contributed by atoms with Gasteiger partial charge in [-0.05, 0) is 25.7 Å². The fraction of sp³-hybridized carbons (Fsp3) is 0.667. The van der Waals surface area contributed by atoms with Gasteiger partial charge in [0, 0.05) is 25.8 Å². The van der Waals surface area contributed by atoms with Crippen molar-refractivity contribution in [1.29, 1.82) is 0 Å². The first-order valence-corrected chi connectivity index (χ1v) is 6.52. The maximum Gasteiger partial charge on any atom is 0.134 e. The summed E-state index contributed by atoms with van der Waals surface area (Å²) >= 11 is 5.89. The second-order valence-electron chi connectivity index (χ2n) is 4.86. The van der Waals surface area contributed by atoms with E-state index in [4.69, 9.17) is 16.3 Å². The lowest BCUT2D eigenvalue weighted by molar-refractivity contribution is -0.0622. The highest BCUT2D eigenvalue weighted by Gasteiger charge is 2.40. The molecule has 1 aromatic rings. The van der Waals surface area contributed by atoms with Gasteiger partial charge in [-0.25, -0.2) is 9.97 Å². The van der Waals surface area contributed by atoms with Crippen LogP contribution < -0.4 is 4.90 Å². The first-order valence-electron chi connectivity index (χ1n) is 6.14. The summed E-state index contributed by atoms with van der Waals surface area (Å²) in [5.74, 6) is 0.913. The van der Waals surface area contributed by atoms with Crippen molar-refractivity contribution in [1.82, 2.24) is 9.97 Å². The summed E-state index contributed by atoms with van der Waals surface area (Å²) < 4.78 is 5.99. The minimum atomic E-state index is 0.0652. The molecule has 1 spiro atoms. The van der Waals surface area contributed by atoms with Crippen LogP contribution in [0.5, 0.6) is 0 Å². The molecule has 0 aromatic carbocycles. The molecule has 0 unspecified atom stereocenters. The van der Waals surface area contributed by atoms with Gasteiger partial charge < -0.3 is 9.64 Å². The molecule has 3 rings (SSSR count). The number of hydrogen-bond acceptors (Lipinski definition) is 4. The maximum atomic E-state index is 5.99. The third kappa shape index (κ3) is 2.24. The topological polar surface area (TPSA) is 38.2 Å². The molecular formula is C12H16ClN3O. The van der Waals surface area contributed by atoms with E-state index in [0.717, 1.165) is 31.9 Å². The van der Waals surface area contributed by atoms with E-state index in [-0.39, 0.29) is 5.60 Å². The van der Waals surface area contributed by atoms with E-state index >= 15 is 0 Å². The Morgan fingerprint density at radius 3 is 3.00 bits per heavy atom. The van der Waals surface area contributed by atoms with Crippen LogP contribution in [0.2, 0.25) is 5.15 Å². The second kappa shape index (κ2) is 4.42. The minimum absolute atomic E-state index is 0.0652. The summed E-state index contributed by atoms with van der Waals surface area (Å²) in [6.45, 7) is 2.83. The van der Waals surface area contributed by atoms with Gasteiger partial charge >= 0.3 is 0 Å². The van der Waals surface area contributed by atoms with Gasteiger partial charge in [0.1, 0.15) is 17.3 Å². The molecule has 2 aliphatic heterocycles. The van der Waals surface area contributed by atoms with Crippen LogP contribution in [0.25, 0.3) is 0 Å². The quantitative estimate of drug-likeness (QED) is 0.720. The van der Waals surface area contributed by atoms with Crippen molar-refractivity contribution in [2.75, 3.05) is 24.6 Å². The minimum Gasteiger partial charge on any atom is -0.373 e. The second-order valence-corrected chi connectivity index (χ2v) is 5.25. The maximum absolute atomic E-state index is 5.99. The zero-order valence-electron chi connectivity index (χ0n) is 9.73. The zero-order valence-corrected chi connectivity index (χ0v) is 10.5. The van der Waals surface area contributed by atoms with Gasteiger partial charge in [0.25, 0.3) is 0 Å². The van der Waals surface area contributed by atoms with Crippen LogP contribution in [0.4, 0.5) is 5.82 Å². The van der Waals surface area contributed by atoms with E-state index in [0.29, 0.717) is 5.15 Å². The molecule has 2 saturated heterocycles. The number of nitrogens with zero attached hydrogens (tertiary/aromatic N) is 3. The normalized spacial score (nSPS) is 28.9. The number of halogens is 1. The molecule has 1 atom stereocenters. The first kappa shape index (κ1) is 11.2. The predicted octanol–water partition coefficient (Wildman–Crippen LogP) is 2.28. The Bertz CT molecular complexity index is 406. The lowest BCUT2D eigenvalue weighted by Gasteiger charge is -2.33. The summed E-state index contributed by atoms with van der Waals surface area (Å²) in [6, 6.07) is 1.82. The number of anilines is 1. The molecular weight excluding hydrogens is 238 g/mol. The number of ether oxygens (including phenoxy) is 1. The molecule has 0 aliphatic carbocycles. The van der Waals surface area contributed by atoms with Crippen molar-refractivity contribution in [3.63, 3.8) is 0 Å².